The van der Waals surface area contributed by atoms with E-state index in [9.17, 15) is 4.39 Å². The molecule has 0 aliphatic heterocycles. The van der Waals surface area contributed by atoms with E-state index in [1.807, 2.05) is 6.92 Å². The average molecular weight is 237 g/mol. The van der Waals surface area contributed by atoms with Gasteiger partial charge in [-0.25, -0.2) is 4.39 Å². The second-order valence-corrected chi connectivity index (χ2v) is 4.19. The molecule has 2 nitrogen and oxygen atoms in total. The molecule has 0 aliphatic rings. The van der Waals surface area contributed by atoms with Crippen LogP contribution in [0.2, 0.25) is 0 Å². The van der Waals surface area contributed by atoms with Gasteiger partial charge in [-0.15, -0.1) is 0 Å². The van der Waals surface area contributed by atoms with Crippen LogP contribution in [0, 0.1) is 5.82 Å². The quantitative estimate of drug-likeness (QED) is 0.766. The molecule has 3 heteroatoms. The SMILES string of the molecule is C=C(OCC)c1cc(F)ccc1CNC(C)C. The van der Waals surface area contributed by atoms with E-state index in [0.29, 0.717) is 25.0 Å². The fraction of sp³-hybridized carbons (Fsp3) is 0.429. The van der Waals surface area contributed by atoms with Gasteiger partial charge in [-0.05, 0) is 24.6 Å². The van der Waals surface area contributed by atoms with Crippen LogP contribution in [0.1, 0.15) is 31.9 Å². The minimum atomic E-state index is -0.269. The van der Waals surface area contributed by atoms with Gasteiger partial charge in [0.1, 0.15) is 11.6 Å². The zero-order valence-electron chi connectivity index (χ0n) is 10.7. The molecule has 0 unspecified atom stereocenters. The number of rotatable bonds is 6. The molecule has 94 valence electrons. The van der Waals surface area contributed by atoms with E-state index in [0.717, 1.165) is 11.1 Å². The van der Waals surface area contributed by atoms with Crippen molar-refractivity contribution in [2.24, 2.45) is 0 Å². The van der Waals surface area contributed by atoms with E-state index in [1.165, 1.54) is 12.1 Å². The Morgan fingerprint density at radius 2 is 2.18 bits per heavy atom. The Morgan fingerprint density at radius 1 is 1.47 bits per heavy atom. The molecule has 0 radical (unpaired) electrons. The Hall–Kier alpha value is -1.35. The summed E-state index contributed by atoms with van der Waals surface area (Å²) in [5, 5.41) is 3.30. The van der Waals surface area contributed by atoms with Crippen molar-refractivity contribution < 1.29 is 9.13 Å². The lowest BCUT2D eigenvalue weighted by Crippen LogP contribution is -2.22. The van der Waals surface area contributed by atoms with Crippen molar-refractivity contribution in [1.29, 1.82) is 0 Å². The number of hydrogen-bond donors (Lipinski definition) is 1. The lowest BCUT2D eigenvalue weighted by molar-refractivity contribution is 0.298. The van der Waals surface area contributed by atoms with Gasteiger partial charge in [0, 0.05) is 18.2 Å². The molecule has 17 heavy (non-hydrogen) atoms. The Bertz CT molecular complexity index is 388. The second kappa shape index (κ2) is 6.40. The smallest absolute Gasteiger partial charge is 0.123 e. The lowest BCUT2D eigenvalue weighted by atomic mass is 10.1. The number of nitrogens with one attached hydrogen (secondary N) is 1. The first-order valence-corrected chi connectivity index (χ1v) is 5.88. The Balaban J connectivity index is 2.91. The third-order valence-corrected chi connectivity index (χ3v) is 2.39. The Labute approximate surface area is 102 Å². The monoisotopic (exact) mass is 237 g/mol. The third-order valence-electron chi connectivity index (χ3n) is 2.39. The topological polar surface area (TPSA) is 21.3 Å². The van der Waals surface area contributed by atoms with Crippen LogP contribution in [0.15, 0.2) is 24.8 Å². The van der Waals surface area contributed by atoms with Crippen LogP contribution in [-0.2, 0) is 11.3 Å². The summed E-state index contributed by atoms with van der Waals surface area (Å²) in [6.07, 6.45) is 0. The van der Waals surface area contributed by atoms with Crippen molar-refractivity contribution >= 4 is 5.76 Å². The number of hydrogen-bond acceptors (Lipinski definition) is 2. The molecule has 1 N–H and O–H groups in total. The molecule has 0 atom stereocenters. The van der Waals surface area contributed by atoms with E-state index in [1.54, 1.807) is 6.07 Å². The third kappa shape index (κ3) is 4.19. The summed E-state index contributed by atoms with van der Waals surface area (Å²) < 4.78 is 18.6. The Morgan fingerprint density at radius 3 is 2.76 bits per heavy atom. The van der Waals surface area contributed by atoms with Crippen LogP contribution < -0.4 is 5.32 Å². The highest BCUT2D eigenvalue weighted by molar-refractivity contribution is 5.61. The predicted octanol–water partition coefficient (Wildman–Crippen LogP) is 3.33. The van der Waals surface area contributed by atoms with Gasteiger partial charge >= 0.3 is 0 Å². The van der Waals surface area contributed by atoms with E-state index >= 15 is 0 Å². The first-order chi connectivity index (χ1) is 8.04. The van der Waals surface area contributed by atoms with Gasteiger partial charge in [0.25, 0.3) is 0 Å². The second-order valence-electron chi connectivity index (χ2n) is 4.19. The summed E-state index contributed by atoms with van der Waals surface area (Å²) in [5.41, 5.74) is 1.73. The molecule has 0 heterocycles. The molecule has 0 fully saturated rings. The summed E-state index contributed by atoms with van der Waals surface area (Å²) in [6, 6.07) is 5.08. The molecule has 0 bridgehead atoms. The predicted molar refractivity (Wildman–Crippen MR) is 69.0 cm³/mol. The maximum Gasteiger partial charge on any atom is 0.123 e. The minimum absolute atomic E-state index is 0.269. The highest BCUT2D eigenvalue weighted by Gasteiger charge is 2.08. The Kier molecular flexibility index (Phi) is 5.16. The minimum Gasteiger partial charge on any atom is -0.494 e. The normalized spacial score (nSPS) is 10.6. The summed E-state index contributed by atoms with van der Waals surface area (Å²) in [7, 11) is 0. The largest absolute Gasteiger partial charge is 0.494 e. The molecule has 0 aliphatic carbocycles. The van der Waals surface area contributed by atoms with Crippen molar-refractivity contribution in [3.8, 4) is 0 Å². The van der Waals surface area contributed by atoms with Crippen LogP contribution in [-0.4, -0.2) is 12.6 Å². The van der Waals surface area contributed by atoms with Crippen molar-refractivity contribution in [2.45, 2.75) is 33.4 Å². The van der Waals surface area contributed by atoms with Gasteiger partial charge < -0.3 is 10.1 Å². The van der Waals surface area contributed by atoms with Crippen molar-refractivity contribution in [3.05, 3.63) is 41.7 Å². The molecule has 0 saturated heterocycles. The number of halogens is 1. The van der Waals surface area contributed by atoms with E-state index in [-0.39, 0.29) is 5.82 Å². The molecule has 0 aromatic heterocycles. The molecule has 1 rings (SSSR count). The highest BCUT2D eigenvalue weighted by atomic mass is 19.1. The van der Waals surface area contributed by atoms with Crippen LogP contribution in [0.25, 0.3) is 5.76 Å². The van der Waals surface area contributed by atoms with E-state index in [2.05, 4.69) is 25.7 Å². The van der Waals surface area contributed by atoms with Gasteiger partial charge in [-0.2, -0.15) is 0 Å². The molecular formula is C14H20FNO. The van der Waals surface area contributed by atoms with Crippen LogP contribution in [0.4, 0.5) is 4.39 Å². The van der Waals surface area contributed by atoms with E-state index < -0.39 is 0 Å². The number of ether oxygens (including phenoxy) is 1. The maximum absolute atomic E-state index is 13.2. The average Bonchev–Trinajstić information content (AvgIpc) is 2.27. The van der Waals surface area contributed by atoms with E-state index in [4.69, 9.17) is 4.74 Å². The van der Waals surface area contributed by atoms with Crippen molar-refractivity contribution in [2.75, 3.05) is 6.61 Å². The van der Waals surface area contributed by atoms with Gasteiger partial charge in [0.2, 0.25) is 0 Å². The number of benzene rings is 1. The van der Waals surface area contributed by atoms with Gasteiger partial charge in [-0.3, -0.25) is 0 Å². The zero-order chi connectivity index (χ0) is 12.8. The zero-order valence-corrected chi connectivity index (χ0v) is 10.7. The molecular weight excluding hydrogens is 217 g/mol. The van der Waals surface area contributed by atoms with Gasteiger partial charge in [-0.1, -0.05) is 26.5 Å². The van der Waals surface area contributed by atoms with Crippen LogP contribution in [0.3, 0.4) is 0 Å². The first-order valence-electron chi connectivity index (χ1n) is 5.88. The van der Waals surface area contributed by atoms with Crippen molar-refractivity contribution in [1.82, 2.24) is 5.32 Å². The maximum atomic E-state index is 13.2. The van der Waals surface area contributed by atoms with Crippen molar-refractivity contribution in [3.63, 3.8) is 0 Å². The van der Waals surface area contributed by atoms with Gasteiger partial charge in [0.15, 0.2) is 0 Å². The summed E-state index contributed by atoms with van der Waals surface area (Å²) >= 11 is 0. The summed E-state index contributed by atoms with van der Waals surface area (Å²) in [6.45, 7) is 11.1. The first kappa shape index (κ1) is 13.7. The highest BCUT2D eigenvalue weighted by Crippen LogP contribution is 2.20. The summed E-state index contributed by atoms with van der Waals surface area (Å²) in [4.78, 5) is 0. The fourth-order valence-electron chi connectivity index (χ4n) is 1.53. The molecule has 0 amide bonds. The summed E-state index contributed by atoms with van der Waals surface area (Å²) in [5.74, 6) is 0.252. The molecule has 1 aromatic carbocycles. The standard InChI is InChI=1S/C14H20FNO/c1-5-17-11(4)14-8-13(15)7-6-12(14)9-16-10(2)3/h6-8,10,16H,4-5,9H2,1-3H3. The lowest BCUT2D eigenvalue weighted by Gasteiger charge is -2.14. The molecule has 0 spiro atoms. The fourth-order valence-corrected chi connectivity index (χ4v) is 1.53. The van der Waals surface area contributed by atoms with Gasteiger partial charge in [0.05, 0.1) is 6.61 Å². The molecule has 1 aromatic rings. The molecule has 0 saturated carbocycles. The van der Waals surface area contributed by atoms with Crippen LogP contribution >= 0.6 is 0 Å². The van der Waals surface area contributed by atoms with Crippen LogP contribution in [0.5, 0.6) is 0 Å².